The summed E-state index contributed by atoms with van der Waals surface area (Å²) < 4.78 is 34.0. The standard InChI is InChI=1S/C19H30F2N4O/c1-22-19(25(4)10-11-26-13-14-8-9-14)23-12-17(24(2)3)18-15(20)6-5-7-16(18)21/h5-7,14,17H,8-13H2,1-4H3,(H,22,23). The number of hydrogen-bond donors (Lipinski definition) is 1. The minimum atomic E-state index is -0.540. The third-order valence-corrected chi connectivity index (χ3v) is 4.60. The van der Waals surface area contributed by atoms with Gasteiger partial charge in [-0.25, -0.2) is 8.78 Å². The third-order valence-electron chi connectivity index (χ3n) is 4.60. The number of guanidine groups is 1. The lowest BCUT2D eigenvalue weighted by atomic mass is 10.0. The summed E-state index contributed by atoms with van der Waals surface area (Å²) in [6, 6.07) is 3.50. The maximum Gasteiger partial charge on any atom is 0.193 e. The van der Waals surface area contributed by atoms with Crippen molar-refractivity contribution >= 4 is 5.96 Å². The molecule has 26 heavy (non-hydrogen) atoms. The van der Waals surface area contributed by atoms with Gasteiger partial charge in [0, 0.05) is 39.4 Å². The molecule has 2 rings (SSSR count). The minimum absolute atomic E-state index is 0.0656. The molecule has 0 saturated heterocycles. The molecular weight excluding hydrogens is 338 g/mol. The Labute approximate surface area is 155 Å². The highest BCUT2D eigenvalue weighted by molar-refractivity contribution is 5.79. The Kier molecular flexibility index (Phi) is 7.78. The van der Waals surface area contributed by atoms with Crippen molar-refractivity contribution in [2.75, 3.05) is 54.5 Å². The van der Waals surface area contributed by atoms with Crippen molar-refractivity contribution in [2.45, 2.75) is 18.9 Å². The third kappa shape index (κ3) is 5.92. The fourth-order valence-electron chi connectivity index (χ4n) is 2.79. The molecule has 0 spiro atoms. The Morgan fingerprint density at radius 3 is 2.46 bits per heavy atom. The molecule has 1 unspecified atom stereocenters. The molecule has 1 aliphatic rings. The Morgan fingerprint density at radius 2 is 1.92 bits per heavy atom. The minimum Gasteiger partial charge on any atom is -0.379 e. The van der Waals surface area contributed by atoms with E-state index in [4.69, 9.17) is 4.74 Å². The Bertz CT molecular complexity index is 585. The highest BCUT2D eigenvalue weighted by Gasteiger charge is 2.23. The molecular formula is C19H30F2N4O. The SMILES string of the molecule is CN=C(NCC(c1c(F)cccc1F)N(C)C)N(C)CCOCC1CC1. The Morgan fingerprint density at radius 1 is 1.27 bits per heavy atom. The van der Waals surface area contributed by atoms with E-state index < -0.39 is 17.7 Å². The number of benzene rings is 1. The molecule has 1 saturated carbocycles. The van der Waals surface area contributed by atoms with Crippen molar-refractivity contribution in [3.8, 4) is 0 Å². The largest absolute Gasteiger partial charge is 0.379 e. The fourth-order valence-corrected chi connectivity index (χ4v) is 2.79. The van der Waals surface area contributed by atoms with Gasteiger partial charge in [0.15, 0.2) is 5.96 Å². The van der Waals surface area contributed by atoms with Crippen LogP contribution in [0.2, 0.25) is 0 Å². The topological polar surface area (TPSA) is 40.1 Å². The summed E-state index contributed by atoms with van der Waals surface area (Å²) in [6.45, 7) is 2.50. The van der Waals surface area contributed by atoms with E-state index in [0.717, 1.165) is 12.5 Å². The molecule has 1 fully saturated rings. The lowest BCUT2D eigenvalue weighted by Crippen LogP contribution is -2.44. The van der Waals surface area contributed by atoms with Crippen molar-refractivity contribution in [2.24, 2.45) is 10.9 Å². The number of aliphatic imine (C=N–C) groups is 1. The average molecular weight is 368 g/mol. The first-order valence-electron chi connectivity index (χ1n) is 9.04. The van der Waals surface area contributed by atoms with Crippen molar-refractivity contribution in [3.05, 3.63) is 35.4 Å². The first-order chi connectivity index (χ1) is 12.4. The molecule has 1 aliphatic carbocycles. The molecule has 0 aliphatic heterocycles. The number of hydrogen-bond acceptors (Lipinski definition) is 3. The first kappa shape index (κ1) is 20.6. The quantitative estimate of drug-likeness (QED) is 0.413. The van der Waals surface area contributed by atoms with Gasteiger partial charge < -0.3 is 19.9 Å². The van der Waals surface area contributed by atoms with Gasteiger partial charge >= 0.3 is 0 Å². The molecule has 0 radical (unpaired) electrons. The van der Waals surface area contributed by atoms with E-state index in [1.54, 1.807) is 26.0 Å². The average Bonchev–Trinajstić information content (AvgIpc) is 3.41. The van der Waals surface area contributed by atoms with Gasteiger partial charge in [-0.2, -0.15) is 0 Å². The van der Waals surface area contributed by atoms with E-state index in [0.29, 0.717) is 25.7 Å². The van der Waals surface area contributed by atoms with Crippen LogP contribution in [0.25, 0.3) is 0 Å². The van der Waals surface area contributed by atoms with Gasteiger partial charge in [0.05, 0.1) is 12.6 Å². The van der Waals surface area contributed by atoms with Crippen molar-refractivity contribution < 1.29 is 13.5 Å². The van der Waals surface area contributed by atoms with Crippen LogP contribution >= 0.6 is 0 Å². The van der Waals surface area contributed by atoms with Gasteiger partial charge in [0.25, 0.3) is 0 Å². The van der Waals surface area contributed by atoms with Crippen LogP contribution in [0.4, 0.5) is 8.78 Å². The van der Waals surface area contributed by atoms with Gasteiger partial charge in [-0.15, -0.1) is 0 Å². The molecule has 146 valence electrons. The molecule has 1 atom stereocenters. The number of nitrogens with zero attached hydrogens (tertiary/aromatic N) is 3. The summed E-state index contributed by atoms with van der Waals surface area (Å²) in [4.78, 5) is 8.00. The second-order valence-electron chi connectivity index (χ2n) is 6.98. The van der Waals surface area contributed by atoms with Gasteiger partial charge in [-0.05, 0) is 45.0 Å². The molecule has 1 aromatic rings. The predicted molar refractivity (Wildman–Crippen MR) is 100 cm³/mol. The van der Waals surface area contributed by atoms with E-state index in [1.807, 2.05) is 11.9 Å². The zero-order valence-corrected chi connectivity index (χ0v) is 16.1. The van der Waals surface area contributed by atoms with Crippen molar-refractivity contribution in [1.29, 1.82) is 0 Å². The summed E-state index contributed by atoms with van der Waals surface area (Å²) in [7, 11) is 7.22. The number of ether oxygens (including phenoxy) is 1. The number of likely N-dealkylation sites (N-methyl/N-ethyl adjacent to an activating group) is 2. The van der Waals surface area contributed by atoms with Crippen LogP contribution in [0.5, 0.6) is 0 Å². The predicted octanol–water partition coefficient (Wildman–Crippen LogP) is 2.50. The van der Waals surface area contributed by atoms with E-state index in [9.17, 15) is 8.78 Å². The summed E-state index contributed by atoms with van der Waals surface area (Å²) >= 11 is 0. The lowest BCUT2D eigenvalue weighted by Gasteiger charge is -2.28. The number of rotatable bonds is 9. The van der Waals surface area contributed by atoms with Crippen LogP contribution in [-0.4, -0.2) is 70.3 Å². The Balaban J connectivity index is 1.91. The monoisotopic (exact) mass is 368 g/mol. The van der Waals surface area contributed by atoms with Gasteiger partial charge in [-0.1, -0.05) is 6.07 Å². The van der Waals surface area contributed by atoms with E-state index >= 15 is 0 Å². The molecule has 1 aromatic carbocycles. The van der Waals surface area contributed by atoms with Gasteiger partial charge in [-0.3, -0.25) is 4.99 Å². The normalized spacial score (nSPS) is 16.0. The fraction of sp³-hybridized carbons (Fsp3) is 0.632. The molecule has 1 N–H and O–H groups in total. The van der Waals surface area contributed by atoms with Crippen molar-refractivity contribution in [3.63, 3.8) is 0 Å². The smallest absolute Gasteiger partial charge is 0.193 e. The highest BCUT2D eigenvalue weighted by atomic mass is 19.1. The van der Waals surface area contributed by atoms with Crippen LogP contribution in [-0.2, 0) is 4.74 Å². The van der Waals surface area contributed by atoms with Crippen LogP contribution in [0, 0.1) is 17.6 Å². The number of halogens is 2. The summed E-state index contributed by atoms with van der Waals surface area (Å²) in [5.74, 6) is 0.336. The van der Waals surface area contributed by atoms with Gasteiger partial charge in [0.2, 0.25) is 0 Å². The maximum absolute atomic E-state index is 14.1. The molecule has 5 nitrogen and oxygen atoms in total. The zero-order valence-electron chi connectivity index (χ0n) is 16.1. The first-order valence-corrected chi connectivity index (χ1v) is 9.04. The second-order valence-corrected chi connectivity index (χ2v) is 6.98. The molecule has 0 amide bonds. The lowest BCUT2D eigenvalue weighted by molar-refractivity contribution is 0.115. The number of nitrogens with one attached hydrogen (secondary N) is 1. The van der Waals surface area contributed by atoms with E-state index in [1.165, 1.54) is 31.0 Å². The van der Waals surface area contributed by atoms with Gasteiger partial charge in [0.1, 0.15) is 11.6 Å². The van der Waals surface area contributed by atoms with Crippen molar-refractivity contribution in [1.82, 2.24) is 15.1 Å². The summed E-state index contributed by atoms with van der Waals surface area (Å²) in [5.41, 5.74) is 0.0656. The Hall–Kier alpha value is -1.73. The van der Waals surface area contributed by atoms with E-state index in [2.05, 4.69) is 10.3 Å². The summed E-state index contributed by atoms with van der Waals surface area (Å²) in [5, 5.41) is 3.21. The molecule has 0 aromatic heterocycles. The molecule has 7 heteroatoms. The molecule has 0 bridgehead atoms. The van der Waals surface area contributed by atoms with Crippen LogP contribution < -0.4 is 5.32 Å². The van der Waals surface area contributed by atoms with Crippen LogP contribution in [0.1, 0.15) is 24.4 Å². The van der Waals surface area contributed by atoms with E-state index in [-0.39, 0.29) is 5.56 Å². The summed E-state index contributed by atoms with van der Waals surface area (Å²) in [6.07, 6.45) is 2.55. The van der Waals surface area contributed by atoms with Crippen LogP contribution in [0.15, 0.2) is 23.2 Å². The highest BCUT2D eigenvalue weighted by Crippen LogP contribution is 2.28. The maximum atomic E-state index is 14.1. The zero-order chi connectivity index (χ0) is 19.1. The molecule has 0 heterocycles. The second kappa shape index (κ2) is 9.83. The van der Waals surface area contributed by atoms with Crippen LogP contribution in [0.3, 0.4) is 0 Å².